The van der Waals surface area contributed by atoms with E-state index < -0.39 is 5.91 Å². The highest BCUT2D eigenvalue weighted by molar-refractivity contribution is 7.18. The van der Waals surface area contributed by atoms with E-state index in [-0.39, 0.29) is 5.91 Å². The fourth-order valence-corrected chi connectivity index (χ4v) is 4.23. The van der Waals surface area contributed by atoms with Crippen molar-refractivity contribution in [2.45, 2.75) is 6.42 Å². The summed E-state index contributed by atoms with van der Waals surface area (Å²) in [5.74, 6) is -0.868. The molecule has 3 aromatic rings. The topological polar surface area (TPSA) is 72.2 Å². The van der Waals surface area contributed by atoms with Crippen molar-refractivity contribution in [2.75, 3.05) is 5.32 Å². The van der Waals surface area contributed by atoms with E-state index in [1.54, 1.807) is 18.2 Å². The predicted octanol–water partition coefficient (Wildman–Crippen LogP) is 4.41. The van der Waals surface area contributed by atoms with Gasteiger partial charge in [-0.1, -0.05) is 41.9 Å². The van der Waals surface area contributed by atoms with Crippen molar-refractivity contribution >= 4 is 51.1 Å². The Labute approximate surface area is 151 Å². The minimum absolute atomic E-state index is 0.303. The number of carbonyl (C=O) groups is 2. The van der Waals surface area contributed by atoms with E-state index in [0.717, 1.165) is 10.4 Å². The zero-order chi connectivity index (χ0) is 17.1. The third-order valence-electron chi connectivity index (χ3n) is 3.29. The van der Waals surface area contributed by atoms with E-state index in [1.165, 1.54) is 22.7 Å². The second-order valence-electron chi connectivity index (χ2n) is 5.04. The summed E-state index contributed by atoms with van der Waals surface area (Å²) in [7, 11) is 0. The van der Waals surface area contributed by atoms with Gasteiger partial charge < -0.3 is 11.1 Å². The molecule has 3 rings (SSSR count). The maximum Gasteiger partial charge on any atom is 0.266 e. The Morgan fingerprint density at radius 3 is 2.46 bits per heavy atom. The molecule has 1 aromatic carbocycles. The maximum absolute atomic E-state index is 12.3. The number of thiophene rings is 2. The Morgan fingerprint density at radius 2 is 1.83 bits per heavy atom. The van der Waals surface area contributed by atoms with Crippen LogP contribution in [-0.2, 0) is 6.42 Å². The molecule has 0 radical (unpaired) electrons. The van der Waals surface area contributed by atoms with Gasteiger partial charge >= 0.3 is 0 Å². The number of amides is 2. The smallest absolute Gasteiger partial charge is 0.266 e. The van der Waals surface area contributed by atoms with Gasteiger partial charge in [0.05, 0.1) is 14.8 Å². The number of halogens is 1. The molecule has 0 bridgehead atoms. The van der Waals surface area contributed by atoms with Gasteiger partial charge in [0, 0.05) is 11.3 Å². The lowest BCUT2D eigenvalue weighted by Gasteiger charge is -2.02. The van der Waals surface area contributed by atoms with E-state index in [4.69, 9.17) is 17.3 Å². The average molecular weight is 377 g/mol. The quantitative estimate of drug-likeness (QED) is 0.692. The third-order valence-corrected chi connectivity index (χ3v) is 5.57. The molecule has 7 heteroatoms. The molecule has 3 N–H and O–H groups in total. The molecule has 0 saturated carbocycles. The number of nitrogens with one attached hydrogen (secondary N) is 1. The molecule has 0 spiro atoms. The second-order valence-corrected chi connectivity index (χ2v) is 7.89. The van der Waals surface area contributed by atoms with Crippen LogP contribution in [0.15, 0.2) is 48.5 Å². The van der Waals surface area contributed by atoms with Gasteiger partial charge in [-0.15, -0.1) is 22.7 Å². The van der Waals surface area contributed by atoms with Crippen molar-refractivity contribution < 1.29 is 9.59 Å². The van der Waals surface area contributed by atoms with Crippen LogP contribution in [-0.4, -0.2) is 11.8 Å². The molecule has 0 unspecified atom stereocenters. The molecule has 24 heavy (non-hydrogen) atoms. The molecular weight excluding hydrogens is 364 g/mol. The highest BCUT2D eigenvalue weighted by Gasteiger charge is 2.18. The predicted molar refractivity (Wildman–Crippen MR) is 99.4 cm³/mol. The van der Waals surface area contributed by atoms with Crippen LogP contribution in [0.5, 0.6) is 0 Å². The molecule has 0 saturated heterocycles. The van der Waals surface area contributed by atoms with Crippen LogP contribution in [0, 0.1) is 0 Å². The molecule has 0 aliphatic carbocycles. The van der Waals surface area contributed by atoms with Crippen LogP contribution in [0.25, 0.3) is 0 Å². The molecule has 0 fully saturated rings. The van der Waals surface area contributed by atoms with Gasteiger partial charge in [-0.2, -0.15) is 0 Å². The number of hydrogen-bond donors (Lipinski definition) is 2. The highest BCUT2D eigenvalue weighted by Crippen LogP contribution is 2.31. The standard InChI is InChI=1S/C17H13ClN2O2S2/c18-14-7-6-13(24-14)16(22)20-17-12(15(19)21)9-11(23-17)8-10-4-2-1-3-5-10/h1-7,9H,8H2,(H2,19,21)(H,20,22). The lowest BCUT2D eigenvalue weighted by atomic mass is 10.1. The number of carbonyl (C=O) groups excluding carboxylic acids is 2. The molecule has 2 heterocycles. The van der Waals surface area contributed by atoms with E-state index in [0.29, 0.717) is 26.2 Å². The number of rotatable bonds is 5. The molecule has 2 amide bonds. The Kier molecular flexibility index (Phi) is 4.99. The molecule has 0 aliphatic heterocycles. The summed E-state index contributed by atoms with van der Waals surface area (Å²) < 4.78 is 0.534. The number of hydrogen-bond acceptors (Lipinski definition) is 4. The van der Waals surface area contributed by atoms with Crippen LogP contribution >= 0.6 is 34.3 Å². The van der Waals surface area contributed by atoms with Crippen LogP contribution in [0.1, 0.15) is 30.5 Å². The molecule has 0 aliphatic rings. The Bertz CT molecular complexity index is 887. The van der Waals surface area contributed by atoms with Crippen LogP contribution in [0.4, 0.5) is 5.00 Å². The van der Waals surface area contributed by atoms with Crippen LogP contribution < -0.4 is 11.1 Å². The Hall–Kier alpha value is -2.15. The normalized spacial score (nSPS) is 10.5. The van der Waals surface area contributed by atoms with Gasteiger partial charge in [0.1, 0.15) is 5.00 Å². The summed E-state index contributed by atoms with van der Waals surface area (Å²) in [5.41, 5.74) is 6.88. The first kappa shape index (κ1) is 16.7. The molecule has 122 valence electrons. The number of primary amides is 1. The SMILES string of the molecule is NC(=O)c1cc(Cc2ccccc2)sc1NC(=O)c1ccc(Cl)s1. The minimum Gasteiger partial charge on any atom is -0.366 e. The monoisotopic (exact) mass is 376 g/mol. The summed E-state index contributed by atoms with van der Waals surface area (Å²) in [5, 5.41) is 3.22. The van der Waals surface area contributed by atoms with Gasteiger partial charge in [-0.3, -0.25) is 9.59 Å². The van der Waals surface area contributed by atoms with Crippen molar-refractivity contribution in [3.05, 3.63) is 73.7 Å². The lowest BCUT2D eigenvalue weighted by molar-refractivity contribution is 0.100. The van der Waals surface area contributed by atoms with Gasteiger partial charge in [-0.25, -0.2) is 0 Å². The summed E-state index contributed by atoms with van der Waals surface area (Å²) >= 11 is 8.38. The Morgan fingerprint density at radius 1 is 1.08 bits per heavy atom. The third kappa shape index (κ3) is 3.84. The van der Waals surface area contributed by atoms with Crippen molar-refractivity contribution in [3.8, 4) is 0 Å². The van der Waals surface area contributed by atoms with Crippen LogP contribution in [0.3, 0.4) is 0 Å². The largest absolute Gasteiger partial charge is 0.366 e. The summed E-state index contributed by atoms with van der Waals surface area (Å²) in [6, 6.07) is 14.9. The van der Waals surface area contributed by atoms with Crippen molar-refractivity contribution in [2.24, 2.45) is 5.73 Å². The van der Waals surface area contributed by atoms with Gasteiger partial charge in [0.25, 0.3) is 11.8 Å². The lowest BCUT2D eigenvalue weighted by Crippen LogP contribution is -2.15. The molecular formula is C17H13ClN2O2S2. The highest BCUT2D eigenvalue weighted by atomic mass is 35.5. The molecule has 2 aromatic heterocycles. The Balaban J connectivity index is 1.84. The van der Waals surface area contributed by atoms with Crippen LogP contribution in [0.2, 0.25) is 4.34 Å². The first-order valence-electron chi connectivity index (χ1n) is 7.06. The maximum atomic E-state index is 12.3. The second kappa shape index (κ2) is 7.17. The van der Waals surface area contributed by atoms with Crippen molar-refractivity contribution in [1.82, 2.24) is 0 Å². The fourth-order valence-electron chi connectivity index (χ4n) is 2.20. The first-order valence-corrected chi connectivity index (χ1v) is 9.07. The van der Waals surface area contributed by atoms with Gasteiger partial charge in [0.2, 0.25) is 0 Å². The zero-order valence-electron chi connectivity index (χ0n) is 12.4. The van der Waals surface area contributed by atoms with Crippen molar-refractivity contribution in [3.63, 3.8) is 0 Å². The summed E-state index contributed by atoms with van der Waals surface area (Å²) in [6.45, 7) is 0. The van der Waals surface area contributed by atoms with Crippen molar-refractivity contribution in [1.29, 1.82) is 0 Å². The number of anilines is 1. The molecule has 4 nitrogen and oxygen atoms in total. The summed E-state index contributed by atoms with van der Waals surface area (Å²) in [4.78, 5) is 25.4. The van der Waals surface area contributed by atoms with Gasteiger partial charge in [-0.05, 0) is 23.8 Å². The minimum atomic E-state index is -0.565. The number of nitrogens with two attached hydrogens (primary N) is 1. The van der Waals surface area contributed by atoms with Gasteiger partial charge in [0.15, 0.2) is 0 Å². The fraction of sp³-hybridized carbons (Fsp3) is 0.0588. The first-order chi connectivity index (χ1) is 11.5. The van der Waals surface area contributed by atoms with E-state index >= 15 is 0 Å². The van der Waals surface area contributed by atoms with E-state index in [2.05, 4.69) is 5.32 Å². The average Bonchev–Trinajstić information content (AvgIpc) is 3.15. The summed E-state index contributed by atoms with van der Waals surface area (Å²) in [6.07, 6.45) is 0.673. The molecule has 0 atom stereocenters. The zero-order valence-corrected chi connectivity index (χ0v) is 14.8. The van der Waals surface area contributed by atoms with E-state index in [1.807, 2.05) is 30.3 Å². The van der Waals surface area contributed by atoms with E-state index in [9.17, 15) is 9.59 Å². The number of benzene rings is 1.